The first-order valence-electron chi connectivity index (χ1n) is 6.48. The van der Waals surface area contributed by atoms with Crippen molar-refractivity contribution in [2.45, 2.75) is 13.8 Å². The molecule has 0 atom stereocenters. The Bertz CT molecular complexity index is 815. The molecular formula is C17H15NO2. The van der Waals surface area contributed by atoms with Crippen LogP contribution in [0.2, 0.25) is 0 Å². The summed E-state index contributed by atoms with van der Waals surface area (Å²) in [4.78, 5) is 14.3. The highest BCUT2D eigenvalue weighted by Gasteiger charge is 2.11. The summed E-state index contributed by atoms with van der Waals surface area (Å²) in [7, 11) is 0. The summed E-state index contributed by atoms with van der Waals surface area (Å²) >= 11 is 0. The maximum atomic E-state index is 11.1. The van der Waals surface area contributed by atoms with Crippen LogP contribution in [0.4, 0.5) is 0 Å². The van der Waals surface area contributed by atoms with Gasteiger partial charge in [-0.15, -0.1) is 0 Å². The van der Waals surface area contributed by atoms with Gasteiger partial charge in [0, 0.05) is 22.7 Å². The highest BCUT2D eigenvalue weighted by molar-refractivity contribution is 6.00. The number of aromatic nitrogens is 1. The van der Waals surface area contributed by atoms with Crippen LogP contribution >= 0.6 is 0 Å². The van der Waals surface area contributed by atoms with Crippen molar-refractivity contribution >= 4 is 16.9 Å². The maximum absolute atomic E-state index is 11.1. The molecule has 3 aromatic rings. The number of hydrogen-bond donors (Lipinski definition) is 2. The number of carboxylic acids is 1. The number of rotatable bonds is 2. The first-order valence-corrected chi connectivity index (χ1v) is 6.48. The van der Waals surface area contributed by atoms with Crippen LogP contribution in [0.1, 0.15) is 21.5 Å². The standard InChI is InChI=1S/C17H15NO2/c1-10-3-4-11(2)13(7-10)15-9-18-16-6-5-12(17(19)20)8-14(15)16/h3-9,18H,1-2H3,(H,19,20). The Hall–Kier alpha value is -2.55. The minimum Gasteiger partial charge on any atom is -0.478 e. The van der Waals surface area contributed by atoms with E-state index in [1.807, 2.05) is 12.3 Å². The first kappa shape index (κ1) is 12.5. The van der Waals surface area contributed by atoms with Gasteiger partial charge in [0.25, 0.3) is 0 Å². The fraction of sp³-hybridized carbons (Fsp3) is 0.118. The van der Waals surface area contributed by atoms with Crippen LogP contribution in [0.5, 0.6) is 0 Å². The molecule has 0 saturated carbocycles. The largest absolute Gasteiger partial charge is 0.478 e. The highest BCUT2D eigenvalue weighted by atomic mass is 16.4. The number of H-pyrrole nitrogens is 1. The minimum absolute atomic E-state index is 0.309. The molecule has 0 aliphatic carbocycles. The predicted molar refractivity (Wildman–Crippen MR) is 80.2 cm³/mol. The molecule has 0 saturated heterocycles. The van der Waals surface area contributed by atoms with E-state index in [0.29, 0.717) is 5.56 Å². The normalized spacial score (nSPS) is 10.9. The van der Waals surface area contributed by atoms with E-state index in [-0.39, 0.29) is 0 Å². The van der Waals surface area contributed by atoms with Crippen LogP contribution in [-0.4, -0.2) is 16.1 Å². The second-order valence-corrected chi connectivity index (χ2v) is 5.09. The van der Waals surface area contributed by atoms with Crippen LogP contribution in [0.3, 0.4) is 0 Å². The lowest BCUT2D eigenvalue weighted by Crippen LogP contribution is -1.95. The van der Waals surface area contributed by atoms with Gasteiger partial charge < -0.3 is 10.1 Å². The summed E-state index contributed by atoms with van der Waals surface area (Å²) in [6.45, 7) is 4.12. The molecule has 100 valence electrons. The fourth-order valence-corrected chi connectivity index (χ4v) is 2.50. The summed E-state index contributed by atoms with van der Waals surface area (Å²) in [5.41, 5.74) is 5.81. The lowest BCUT2D eigenvalue weighted by molar-refractivity contribution is 0.0697. The van der Waals surface area contributed by atoms with E-state index in [1.54, 1.807) is 12.1 Å². The van der Waals surface area contributed by atoms with Crippen molar-refractivity contribution in [2.24, 2.45) is 0 Å². The molecule has 0 aliphatic rings. The molecule has 0 spiro atoms. The Morgan fingerprint density at radius 2 is 1.85 bits per heavy atom. The molecular weight excluding hydrogens is 250 g/mol. The van der Waals surface area contributed by atoms with E-state index in [9.17, 15) is 4.79 Å². The van der Waals surface area contributed by atoms with Gasteiger partial charge >= 0.3 is 5.97 Å². The van der Waals surface area contributed by atoms with E-state index in [1.165, 1.54) is 11.1 Å². The van der Waals surface area contributed by atoms with Gasteiger partial charge in [0.1, 0.15) is 0 Å². The number of aromatic amines is 1. The minimum atomic E-state index is -0.903. The quantitative estimate of drug-likeness (QED) is 0.731. The number of aromatic carboxylic acids is 1. The summed E-state index contributed by atoms with van der Waals surface area (Å²) < 4.78 is 0. The van der Waals surface area contributed by atoms with Gasteiger partial charge in [-0.2, -0.15) is 0 Å². The second-order valence-electron chi connectivity index (χ2n) is 5.09. The van der Waals surface area contributed by atoms with Gasteiger partial charge in [0.05, 0.1) is 5.56 Å². The number of aryl methyl sites for hydroxylation is 2. The van der Waals surface area contributed by atoms with Crippen molar-refractivity contribution in [3.63, 3.8) is 0 Å². The van der Waals surface area contributed by atoms with Crippen molar-refractivity contribution in [3.05, 3.63) is 59.3 Å². The molecule has 0 radical (unpaired) electrons. The molecule has 3 rings (SSSR count). The maximum Gasteiger partial charge on any atom is 0.335 e. The smallest absolute Gasteiger partial charge is 0.335 e. The van der Waals surface area contributed by atoms with Crippen LogP contribution in [0.25, 0.3) is 22.0 Å². The molecule has 2 aromatic carbocycles. The average Bonchev–Trinajstić information content (AvgIpc) is 2.84. The third-order valence-corrected chi connectivity index (χ3v) is 3.61. The lowest BCUT2D eigenvalue weighted by atomic mass is 9.97. The molecule has 3 heteroatoms. The molecule has 1 heterocycles. The zero-order valence-corrected chi connectivity index (χ0v) is 11.4. The van der Waals surface area contributed by atoms with Crippen LogP contribution in [0, 0.1) is 13.8 Å². The van der Waals surface area contributed by atoms with Gasteiger partial charge in [-0.05, 0) is 43.2 Å². The number of fused-ring (bicyclic) bond motifs is 1. The van der Waals surface area contributed by atoms with Crippen molar-refractivity contribution < 1.29 is 9.90 Å². The summed E-state index contributed by atoms with van der Waals surface area (Å²) in [6, 6.07) is 11.5. The Morgan fingerprint density at radius 1 is 1.05 bits per heavy atom. The highest BCUT2D eigenvalue weighted by Crippen LogP contribution is 2.32. The third-order valence-electron chi connectivity index (χ3n) is 3.61. The second kappa shape index (κ2) is 4.53. The Labute approximate surface area is 116 Å². The Morgan fingerprint density at radius 3 is 2.60 bits per heavy atom. The van der Waals surface area contributed by atoms with Crippen LogP contribution in [-0.2, 0) is 0 Å². The van der Waals surface area contributed by atoms with E-state index in [0.717, 1.165) is 22.0 Å². The van der Waals surface area contributed by atoms with E-state index < -0.39 is 5.97 Å². The molecule has 0 fully saturated rings. The number of benzene rings is 2. The Kier molecular flexibility index (Phi) is 2.83. The zero-order chi connectivity index (χ0) is 14.3. The lowest BCUT2D eigenvalue weighted by Gasteiger charge is -2.06. The summed E-state index contributed by atoms with van der Waals surface area (Å²) in [5, 5.41) is 10.1. The monoisotopic (exact) mass is 265 g/mol. The van der Waals surface area contributed by atoms with Gasteiger partial charge in [-0.3, -0.25) is 0 Å². The van der Waals surface area contributed by atoms with Crippen molar-refractivity contribution in [1.29, 1.82) is 0 Å². The third kappa shape index (κ3) is 1.97. The van der Waals surface area contributed by atoms with E-state index >= 15 is 0 Å². The number of hydrogen-bond acceptors (Lipinski definition) is 1. The molecule has 3 nitrogen and oxygen atoms in total. The van der Waals surface area contributed by atoms with Crippen molar-refractivity contribution in [2.75, 3.05) is 0 Å². The number of carbonyl (C=O) groups is 1. The SMILES string of the molecule is Cc1ccc(C)c(-c2c[nH]c3ccc(C(=O)O)cc23)c1. The molecule has 0 aliphatic heterocycles. The van der Waals surface area contributed by atoms with Crippen molar-refractivity contribution in [1.82, 2.24) is 4.98 Å². The predicted octanol–water partition coefficient (Wildman–Crippen LogP) is 4.15. The number of nitrogens with one attached hydrogen (secondary N) is 1. The molecule has 0 bridgehead atoms. The molecule has 1 aromatic heterocycles. The average molecular weight is 265 g/mol. The van der Waals surface area contributed by atoms with Gasteiger partial charge in [-0.1, -0.05) is 23.8 Å². The topological polar surface area (TPSA) is 53.1 Å². The van der Waals surface area contributed by atoms with Crippen LogP contribution < -0.4 is 0 Å². The molecule has 2 N–H and O–H groups in total. The first-order chi connectivity index (χ1) is 9.56. The fourth-order valence-electron chi connectivity index (χ4n) is 2.50. The van der Waals surface area contributed by atoms with E-state index in [2.05, 4.69) is 37.0 Å². The summed E-state index contributed by atoms with van der Waals surface area (Å²) in [5.74, 6) is -0.903. The summed E-state index contributed by atoms with van der Waals surface area (Å²) in [6.07, 6.45) is 1.94. The van der Waals surface area contributed by atoms with Gasteiger partial charge in [0.15, 0.2) is 0 Å². The molecule has 0 unspecified atom stereocenters. The van der Waals surface area contributed by atoms with Crippen molar-refractivity contribution in [3.8, 4) is 11.1 Å². The van der Waals surface area contributed by atoms with Gasteiger partial charge in [0.2, 0.25) is 0 Å². The molecule has 0 amide bonds. The van der Waals surface area contributed by atoms with Crippen LogP contribution in [0.15, 0.2) is 42.6 Å². The number of carboxylic acid groups (broad SMARTS) is 1. The van der Waals surface area contributed by atoms with Gasteiger partial charge in [-0.25, -0.2) is 4.79 Å². The molecule has 20 heavy (non-hydrogen) atoms. The Balaban J connectivity index is 2.28. The van der Waals surface area contributed by atoms with E-state index in [4.69, 9.17) is 5.11 Å². The zero-order valence-electron chi connectivity index (χ0n) is 11.4.